The van der Waals surface area contributed by atoms with E-state index in [0.717, 1.165) is 6.07 Å². The van der Waals surface area contributed by atoms with Gasteiger partial charge in [0.05, 0.1) is 43.6 Å². The summed E-state index contributed by atoms with van der Waals surface area (Å²) < 4.78 is 80.0. The van der Waals surface area contributed by atoms with E-state index in [1.165, 1.54) is 16.4 Å². The second kappa shape index (κ2) is 10.6. The van der Waals surface area contributed by atoms with Crippen molar-refractivity contribution < 1.29 is 35.8 Å². The molecule has 2 aliphatic rings. The van der Waals surface area contributed by atoms with Crippen molar-refractivity contribution in [3.05, 3.63) is 35.9 Å². The van der Waals surface area contributed by atoms with Gasteiger partial charge in [-0.05, 0) is 51.1 Å². The molecule has 0 bridgehead atoms. The zero-order valence-electron chi connectivity index (χ0n) is 20.3. The number of sulfonamides is 2. The lowest BCUT2D eigenvalue weighted by Crippen LogP contribution is -2.40. The second-order valence-corrected chi connectivity index (χ2v) is 11.3. The fraction of sp³-hybridized carbons (Fsp3) is 0.435. The Bertz CT molecular complexity index is 1340. The summed E-state index contributed by atoms with van der Waals surface area (Å²) >= 11 is 0. The molecule has 0 aliphatic carbocycles. The summed E-state index contributed by atoms with van der Waals surface area (Å²) in [6.07, 6.45) is 0. The van der Waals surface area contributed by atoms with Gasteiger partial charge in [-0.2, -0.15) is 12.7 Å². The minimum Gasteiger partial charge on any atom is -0.490 e. The molecule has 1 N–H and O–H groups in total. The SMILES string of the molecule is CCOc1cc(C2=NS(=O)(=O)c3cc(S(=O)(=O)N4CCOCC4)ccc3N2)cc(OCC)c1OCC. The number of anilines is 1. The second-order valence-electron chi connectivity index (χ2n) is 7.82. The zero-order chi connectivity index (χ0) is 25.9. The van der Waals surface area contributed by atoms with Crippen LogP contribution in [0, 0.1) is 0 Å². The molecule has 4 rings (SSSR count). The van der Waals surface area contributed by atoms with Crippen LogP contribution in [0.3, 0.4) is 0 Å². The summed E-state index contributed by atoms with van der Waals surface area (Å²) in [4.78, 5) is -0.341. The Kier molecular flexibility index (Phi) is 7.73. The van der Waals surface area contributed by atoms with Crippen LogP contribution < -0.4 is 19.5 Å². The van der Waals surface area contributed by atoms with E-state index >= 15 is 0 Å². The molecule has 0 atom stereocenters. The fourth-order valence-corrected chi connectivity index (χ4v) is 6.56. The highest BCUT2D eigenvalue weighted by Gasteiger charge is 2.32. The van der Waals surface area contributed by atoms with Gasteiger partial charge in [-0.3, -0.25) is 0 Å². The molecule has 2 heterocycles. The van der Waals surface area contributed by atoms with Crippen molar-refractivity contribution in [2.45, 2.75) is 30.6 Å². The van der Waals surface area contributed by atoms with Gasteiger partial charge in [0.1, 0.15) is 4.90 Å². The molecule has 196 valence electrons. The standard InChI is InChI=1S/C23H29N3O8S2/c1-4-32-19-13-16(14-20(33-5-2)22(19)34-6-3)23-24-18-8-7-17(15-21(18)35(27,28)25-23)36(29,30)26-9-11-31-12-10-26/h7-8,13-15H,4-6,9-12H2,1-3H3,(H,24,25). The number of amidine groups is 1. The number of hydrogen-bond donors (Lipinski definition) is 1. The zero-order valence-corrected chi connectivity index (χ0v) is 21.9. The highest BCUT2D eigenvalue weighted by atomic mass is 32.2. The van der Waals surface area contributed by atoms with Crippen LogP contribution in [0.2, 0.25) is 0 Å². The molecule has 0 aromatic heterocycles. The minimum atomic E-state index is -4.22. The lowest BCUT2D eigenvalue weighted by molar-refractivity contribution is 0.0730. The predicted octanol–water partition coefficient (Wildman–Crippen LogP) is 2.46. The molecule has 1 saturated heterocycles. The molecule has 36 heavy (non-hydrogen) atoms. The quantitative estimate of drug-likeness (QED) is 0.510. The van der Waals surface area contributed by atoms with Gasteiger partial charge in [-0.1, -0.05) is 0 Å². The number of benzene rings is 2. The molecule has 11 nitrogen and oxygen atoms in total. The maximum atomic E-state index is 13.2. The summed E-state index contributed by atoms with van der Waals surface area (Å²) in [7, 11) is -8.10. The topological polar surface area (TPSA) is 133 Å². The summed E-state index contributed by atoms with van der Waals surface area (Å²) in [5.41, 5.74) is 0.621. The van der Waals surface area contributed by atoms with Crippen LogP contribution in [-0.2, 0) is 24.8 Å². The number of ether oxygens (including phenoxy) is 4. The lowest BCUT2D eigenvalue weighted by Gasteiger charge is -2.26. The van der Waals surface area contributed by atoms with Crippen LogP contribution in [0.4, 0.5) is 5.69 Å². The summed E-state index contributed by atoms with van der Waals surface area (Å²) in [5.74, 6) is 1.25. The minimum absolute atomic E-state index is 0.0521. The highest BCUT2D eigenvalue weighted by Crippen LogP contribution is 2.40. The Balaban J connectivity index is 1.74. The molecule has 0 spiro atoms. The van der Waals surface area contributed by atoms with Crippen molar-refractivity contribution in [1.82, 2.24) is 4.31 Å². The van der Waals surface area contributed by atoms with E-state index in [0.29, 0.717) is 42.6 Å². The summed E-state index contributed by atoms with van der Waals surface area (Å²) in [6.45, 7) is 7.56. The van der Waals surface area contributed by atoms with Gasteiger partial charge in [0.2, 0.25) is 15.8 Å². The number of hydrogen-bond acceptors (Lipinski definition) is 9. The molecule has 13 heteroatoms. The van der Waals surface area contributed by atoms with Crippen molar-refractivity contribution in [2.75, 3.05) is 51.4 Å². The first-order chi connectivity index (χ1) is 17.2. The van der Waals surface area contributed by atoms with E-state index < -0.39 is 20.0 Å². The highest BCUT2D eigenvalue weighted by molar-refractivity contribution is 7.91. The molecule has 2 aromatic rings. The van der Waals surface area contributed by atoms with Crippen molar-refractivity contribution >= 4 is 31.6 Å². The van der Waals surface area contributed by atoms with Crippen molar-refractivity contribution in [2.24, 2.45) is 4.40 Å². The smallest absolute Gasteiger partial charge is 0.286 e. The Morgan fingerprint density at radius 1 is 0.972 bits per heavy atom. The maximum Gasteiger partial charge on any atom is 0.286 e. The summed E-state index contributed by atoms with van der Waals surface area (Å²) in [6, 6.07) is 7.19. The van der Waals surface area contributed by atoms with Crippen molar-refractivity contribution in [3.8, 4) is 17.2 Å². The van der Waals surface area contributed by atoms with Crippen molar-refractivity contribution in [1.29, 1.82) is 0 Å². The number of fused-ring (bicyclic) bond motifs is 1. The van der Waals surface area contributed by atoms with Gasteiger partial charge >= 0.3 is 0 Å². The van der Waals surface area contributed by atoms with Crippen LogP contribution in [0.1, 0.15) is 26.3 Å². The molecule has 0 radical (unpaired) electrons. The van der Waals surface area contributed by atoms with Gasteiger partial charge in [0.15, 0.2) is 17.3 Å². The first-order valence-electron chi connectivity index (χ1n) is 11.6. The first kappa shape index (κ1) is 26.2. The first-order valence-corrected chi connectivity index (χ1v) is 14.5. The average molecular weight is 540 g/mol. The summed E-state index contributed by atoms with van der Waals surface area (Å²) in [5, 5.41) is 3.01. The molecular formula is C23H29N3O8S2. The maximum absolute atomic E-state index is 13.2. The third-order valence-corrected chi connectivity index (χ3v) is 8.70. The fourth-order valence-electron chi connectivity index (χ4n) is 3.89. The molecular weight excluding hydrogens is 510 g/mol. The van der Waals surface area contributed by atoms with Crippen LogP contribution in [0.25, 0.3) is 0 Å². The molecule has 0 amide bonds. The van der Waals surface area contributed by atoms with Gasteiger partial charge in [-0.15, -0.1) is 4.40 Å². The normalized spacial score (nSPS) is 17.5. The molecule has 1 fully saturated rings. The van der Waals surface area contributed by atoms with Crippen LogP contribution >= 0.6 is 0 Å². The van der Waals surface area contributed by atoms with Gasteiger partial charge < -0.3 is 24.3 Å². The largest absolute Gasteiger partial charge is 0.490 e. The molecule has 2 aromatic carbocycles. The van der Waals surface area contributed by atoms with Crippen LogP contribution in [0.5, 0.6) is 17.2 Å². The van der Waals surface area contributed by atoms with E-state index in [1.807, 2.05) is 20.8 Å². The van der Waals surface area contributed by atoms with Crippen molar-refractivity contribution in [3.63, 3.8) is 0 Å². The van der Waals surface area contributed by atoms with E-state index in [9.17, 15) is 16.8 Å². The molecule has 0 unspecified atom stereocenters. The van der Waals surface area contributed by atoms with Crippen LogP contribution in [0.15, 0.2) is 44.5 Å². The number of morpholine rings is 1. The third kappa shape index (κ3) is 5.14. The van der Waals surface area contributed by atoms with E-state index in [1.54, 1.807) is 12.1 Å². The van der Waals surface area contributed by atoms with Gasteiger partial charge in [0.25, 0.3) is 10.0 Å². The number of nitrogens with one attached hydrogen (secondary N) is 1. The Labute approximate surface area is 211 Å². The van der Waals surface area contributed by atoms with Gasteiger partial charge in [-0.25, -0.2) is 8.42 Å². The number of nitrogens with zero attached hydrogens (tertiary/aromatic N) is 2. The Hall–Kier alpha value is -2.87. The monoisotopic (exact) mass is 539 g/mol. The number of rotatable bonds is 9. The van der Waals surface area contributed by atoms with E-state index in [-0.39, 0.29) is 47.6 Å². The average Bonchev–Trinajstić information content (AvgIpc) is 2.86. The predicted molar refractivity (Wildman–Crippen MR) is 133 cm³/mol. The van der Waals surface area contributed by atoms with Crippen LogP contribution in [-0.4, -0.2) is 73.1 Å². The Morgan fingerprint density at radius 2 is 1.58 bits per heavy atom. The lowest BCUT2D eigenvalue weighted by atomic mass is 10.1. The third-order valence-electron chi connectivity index (χ3n) is 5.49. The van der Waals surface area contributed by atoms with E-state index in [4.69, 9.17) is 18.9 Å². The molecule has 0 saturated carbocycles. The van der Waals surface area contributed by atoms with Gasteiger partial charge in [0, 0.05) is 18.7 Å². The van der Waals surface area contributed by atoms with E-state index in [2.05, 4.69) is 9.71 Å². The Morgan fingerprint density at radius 3 is 2.17 bits per heavy atom. The molecule has 2 aliphatic heterocycles.